The Hall–Kier alpha value is -2.85. The first-order valence-electron chi connectivity index (χ1n) is 11.0. The summed E-state index contributed by atoms with van der Waals surface area (Å²) in [5.41, 5.74) is 1.48. The standard InChI is InChI=1S/C22H29FN6O3/c1-15-21(24-25-29(15)18-5-3-17(23)4-6-18)22(32)28-9-7-19(20(31)8-10-28)27-13-11-26(12-14-27)16(2)30/h3-6,19-20,31H,7-14H2,1-2H3/t19-,20-/m0/s1. The number of hydrogen-bond acceptors (Lipinski definition) is 6. The number of hydrogen-bond donors (Lipinski definition) is 1. The first-order valence-corrected chi connectivity index (χ1v) is 11.0. The molecule has 3 heterocycles. The number of amides is 2. The van der Waals surface area contributed by atoms with E-state index in [-0.39, 0.29) is 29.4 Å². The highest BCUT2D eigenvalue weighted by Crippen LogP contribution is 2.22. The number of halogens is 1. The predicted octanol–water partition coefficient (Wildman–Crippen LogP) is 0.844. The van der Waals surface area contributed by atoms with Gasteiger partial charge in [-0.25, -0.2) is 9.07 Å². The maximum Gasteiger partial charge on any atom is 0.276 e. The Bertz CT molecular complexity index is 971. The van der Waals surface area contributed by atoms with E-state index in [1.807, 2.05) is 4.90 Å². The Labute approximate surface area is 186 Å². The Kier molecular flexibility index (Phi) is 6.52. The molecule has 4 rings (SSSR count). The van der Waals surface area contributed by atoms with Crippen LogP contribution >= 0.6 is 0 Å². The van der Waals surface area contributed by atoms with Gasteiger partial charge in [-0.2, -0.15) is 0 Å². The van der Waals surface area contributed by atoms with Gasteiger partial charge in [0, 0.05) is 52.2 Å². The monoisotopic (exact) mass is 444 g/mol. The molecule has 2 aliphatic rings. The molecule has 1 aromatic carbocycles. The van der Waals surface area contributed by atoms with E-state index in [1.54, 1.807) is 30.9 Å². The molecule has 1 N–H and O–H groups in total. The molecule has 2 fully saturated rings. The van der Waals surface area contributed by atoms with Gasteiger partial charge in [0.1, 0.15) is 5.82 Å². The van der Waals surface area contributed by atoms with E-state index in [0.29, 0.717) is 50.4 Å². The van der Waals surface area contributed by atoms with E-state index in [4.69, 9.17) is 0 Å². The maximum atomic E-state index is 13.2. The van der Waals surface area contributed by atoms with Gasteiger partial charge in [-0.15, -0.1) is 5.10 Å². The largest absolute Gasteiger partial charge is 0.391 e. The lowest BCUT2D eigenvalue weighted by atomic mass is 10.0. The average Bonchev–Trinajstić information content (AvgIpc) is 3.06. The zero-order valence-corrected chi connectivity index (χ0v) is 18.4. The number of benzene rings is 1. The fourth-order valence-corrected chi connectivity index (χ4v) is 4.57. The minimum absolute atomic E-state index is 0.0436. The van der Waals surface area contributed by atoms with Gasteiger partial charge in [0.15, 0.2) is 5.69 Å². The molecule has 0 radical (unpaired) electrons. The third-order valence-corrected chi connectivity index (χ3v) is 6.52. The number of likely N-dealkylation sites (tertiary alicyclic amines) is 1. The summed E-state index contributed by atoms with van der Waals surface area (Å²) < 4.78 is 14.7. The van der Waals surface area contributed by atoms with Crippen LogP contribution in [0, 0.1) is 12.7 Å². The van der Waals surface area contributed by atoms with Crippen molar-refractivity contribution in [3.8, 4) is 5.69 Å². The topological polar surface area (TPSA) is 94.8 Å². The summed E-state index contributed by atoms with van der Waals surface area (Å²) in [6.45, 7) is 7.05. The Morgan fingerprint density at radius 2 is 1.66 bits per heavy atom. The van der Waals surface area contributed by atoms with Crippen LogP contribution in [0.25, 0.3) is 5.69 Å². The van der Waals surface area contributed by atoms with Crippen LogP contribution < -0.4 is 0 Å². The highest BCUT2D eigenvalue weighted by molar-refractivity contribution is 5.93. The van der Waals surface area contributed by atoms with Crippen molar-refractivity contribution in [3.63, 3.8) is 0 Å². The molecule has 2 amide bonds. The SMILES string of the molecule is CC(=O)N1CCN([C@H]2CCN(C(=O)c3nnn(-c4ccc(F)cc4)c3C)CC[C@@H]2O)CC1. The van der Waals surface area contributed by atoms with Crippen LogP contribution in [-0.2, 0) is 4.79 Å². The third kappa shape index (κ3) is 4.51. The van der Waals surface area contributed by atoms with Crippen LogP contribution in [0.4, 0.5) is 4.39 Å². The van der Waals surface area contributed by atoms with Crippen molar-refractivity contribution < 1.29 is 19.1 Å². The number of carbonyl (C=O) groups is 2. The molecule has 0 aliphatic carbocycles. The van der Waals surface area contributed by atoms with Gasteiger partial charge in [-0.05, 0) is 44.0 Å². The number of carbonyl (C=O) groups excluding carboxylic acids is 2. The van der Waals surface area contributed by atoms with Gasteiger partial charge in [0.2, 0.25) is 5.91 Å². The summed E-state index contributed by atoms with van der Waals surface area (Å²) in [5.74, 6) is -0.486. The van der Waals surface area contributed by atoms with Gasteiger partial charge in [0.25, 0.3) is 5.91 Å². The summed E-state index contributed by atoms with van der Waals surface area (Å²) in [6, 6.07) is 5.81. The number of rotatable bonds is 3. The molecule has 1 aromatic heterocycles. The number of aromatic nitrogens is 3. The molecule has 2 aromatic rings. The summed E-state index contributed by atoms with van der Waals surface area (Å²) in [6.07, 6.45) is 0.597. The van der Waals surface area contributed by atoms with Crippen LogP contribution in [0.15, 0.2) is 24.3 Å². The summed E-state index contributed by atoms with van der Waals surface area (Å²) >= 11 is 0. The normalized spacial score (nSPS) is 22.6. The maximum absolute atomic E-state index is 13.2. The van der Waals surface area contributed by atoms with Gasteiger partial charge in [0.05, 0.1) is 17.5 Å². The lowest BCUT2D eigenvalue weighted by Crippen LogP contribution is -2.54. The first kappa shape index (κ1) is 22.3. The fraction of sp³-hybridized carbons (Fsp3) is 0.545. The van der Waals surface area contributed by atoms with E-state index >= 15 is 0 Å². The number of nitrogens with zero attached hydrogens (tertiary/aromatic N) is 6. The molecular weight excluding hydrogens is 415 g/mol. The Morgan fingerprint density at radius 1 is 1.00 bits per heavy atom. The second-order valence-corrected chi connectivity index (χ2v) is 8.46. The molecule has 2 atom stereocenters. The summed E-state index contributed by atoms with van der Waals surface area (Å²) in [5, 5.41) is 18.9. The molecule has 2 saturated heterocycles. The molecule has 9 nitrogen and oxygen atoms in total. The van der Waals surface area contributed by atoms with Crippen molar-refractivity contribution >= 4 is 11.8 Å². The second kappa shape index (κ2) is 9.33. The minimum Gasteiger partial charge on any atom is -0.391 e. The van der Waals surface area contributed by atoms with Crippen molar-refractivity contribution in [2.45, 2.75) is 38.8 Å². The number of aliphatic hydroxyl groups excluding tert-OH is 1. The molecule has 32 heavy (non-hydrogen) atoms. The zero-order chi connectivity index (χ0) is 22.8. The lowest BCUT2D eigenvalue weighted by Gasteiger charge is -2.40. The minimum atomic E-state index is -0.535. The van der Waals surface area contributed by atoms with Crippen molar-refractivity contribution in [1.29, 1.82) is 0 Å². The zero-order valence-electron chi connectivity index (χ0n) is 18.4. The fourth-order valence-electron chi connectivity index (χ4n) is 4.57. The van der Waals surface area contributed by atoms with Crippen molar-refractivity contribution in [2.24, 2.45) is 0 Å². The molecule has 10 heteroatoms. The van der Waals surface area contributed by atoms with Gasteiger partial charge < -0.3 is 14.9 Å². The lowest BCUT2D eigenvalue weighted by molar-refractivity contribution is -0.131. The van der Waals surface area contributed by atoms with E-state index in [1.165, 1.54) is 16.8 Å². The van der Waals surface area contributed by atoms with E-state index in [9.17, 15) is 19.1 Å². The van der Waals surface area contributed by atoms with Crippen LogP contribution in [0.1, 0.15) is 35.9 Å². The summed E-state index contributed by atoms with van der Waals surface area (Å²) in [4.78, 5) is 30.5. The molecule has 0 bridgehead atoms. The smallest absolute Gasteiger partial charge is 0.276 e. The second-order valence-electron chi connectivity index (χ2n) is 8.46. The molecule has 0 saturated carbocycles. The Morgan fingerprint density at radius 3 is 2.31 bits per heavy atom. The quantitative estimate of drug-likeness (QED) is 0.754. The van der Waals surface area contributed by atoms with Gasteiger partial charge >= 0.3 is 0 Å². The molecule has 172 valence electrons. The molecular formula is C22H29FN6O3. The predicted molar refractivity (Wildman–Crippen MR) is 115 cm³/mol. The van der Waals surface area contributed by atoms with Gasteiger partial charge in [-0.1, -0.05) is 5.21 Å². The number of piperazine rings is 1. The van der Waals surface area contributed by atoms with E-state index in [2.05, 4.69) is 15.2 Å². The molecule has 0 unspecified atom stereocenters. The van der Waals surface area contributed by atoms with Crippen LogP contribution in [0.3, 0.4) is 0 Å². The highest BCUT2D eigenvalue weighted by Gasteiger charge is 2.34. The van der Waals surface area contributed by atoms with Crippen molar-refractivity contribution in [1.82, 2.24) is 29.7 Å². The van der Waals surface area contributed by atoms with Crippen LogP contribution in [0.2, 0.25) is 0 Å². The molecule has 2 aliphatic heterocycles. The van der Waals surface area contributed by atoms with Gasteiger partial charge in [-0.3, -0.25) is 14.5 Å². The number of aliphatic hydroxyl groups is 1. The van der Waals surface area contributed by atoms with Crippen LogP contribution in [-0.4, -0.2) is 98.0 Å². The van der Waals surface area contributed by atoms with Crippen molar-refractivity contribution in [3.05, 3.63) is 41.5 Å². The Balaban J connectivity index is 1.43. The van der Waals surface area contributed by atoms with Crippen molar-refractivity contribution in [2.75, 3.05) is 39.3 Å². The highest BCUT2D eigenvalue weighted by atomic mass is 19.1. The van der Waals surface area contributed by atoms with E-state index in [0.717, 1.165) is 13.1 Å². The van der Waals surface area contributed by atoms with Crippen LogP contribution in [0.5, 0.6) is 0 Å². The summed E-state index contributed by atoms with van der Waals surface area (Å²) in [7, 11) is 0. The molecule has 0 spiro atoms. The first-order chi connectivity index (χ1) is 15.3. The average molecular weight is 445 g/mol. The third-order valence-electron chi connectivity index (χ3n) is 6.52. The van der Waals surface area contributed by atoms with E-state index < -0.39 is 6.10 Å².